The van der Waals surface area contributed by atoms with Crippen molar-refractivity contribution in [2.45, 2.75) is 39.7 Å². The van der Waals surface area contributed by atoms with Crippen molar-refractivity contribution < 1.29 is 5.11 Å². The molecule has 0 aliphatic carbocycles. The maximum atomic E-state index is 10.2. The van der Waals surface area contributed by atoms with E-state index in [9.17, 15) is 5.11 Å². The Bertz CT molecular complexity index is 340. The molecule has 1 unspecified atom stereocenters. The molecule has 0 aromatic heterocycles. The molecule has 15 heavy (non-hydrogen) atoms. The molecule has 0 heterocycles. The van der Waals surface area contributed by atoms with Gasteiger partial charge < -0.3 is 5.11 Å². The van der Waals surface area contributed by atoms with Crippen molar-refractivity contribution in [1.82, 2.24) is 0 Å². The molecule has 0 saturated heterocycles. The summed E-state index contributed by atoms with van der Waals surface area (Å²) in [6.07, 6.45) is 2.92. The highest BCUT2D eigenvalue weighted by molar-refractivity contribution is 5.30. The average Bonchev–Trinajstić information content (AvgIpc) is 2.16. The Hall–Kier alpha value is -1.08. The normalized spacial score (nSPS) is 14.5. The Morgan fingerprint density at radius 1 is 1.27 bits per heavy atom. The van der Waals surface area contributed by atoms with Gasteiger partial charge in [0.05, 0.1) is 0 Å². The molecule has 1 aromatic rings. The highest BCUT2D eigenvalue weighted by Gasteiger charge is 2.19. The van der Waals surface area contributed by atoms with Gasteiger partial charge >= 0.3 is 0 Å². The zero-order valence-corrected chi connectivity index (χ0v) is 10.0. The molecule has 0 saturated carbocycles. The van der Waals surface area contributed by atoms with E-state index >= 15 is 0 Å². The van der Waals surface area contributed by atoms with E-state index in [-0.39, 0.29) is 0 Å². The summed E-state index contributed by atoms with van der Waals surface area (Å²) in [6.45, 7) is 7.94. The van der Waals surface area contributed by atoms with E-state index in [4.69, 9.17) is 0 Å². The summed E-state index contributed by atoms with van der Waals surface area (Å²) in [5.74, 6) is 0. The van der Waals surface area contributed by atoms with Gasteiger partial charge in [0.2, 0.25) is 0 Å². The van der Waals surface area contributed by atoms with Gasteiger partial charge in [0.15, 0.2) is 0 Å². The first-order chi connectivity index (χ1) is 6.95. The molecule has 1 aromatic carbocycles. The van der Waals surface area contributed by atoms with Crippen molar-refractivity contribution in [3.05, 3.63) is 47.0 Å². The molecule has 0 fully saturated rings. The standard InChI is InChI=1S/C14H20O/c1-5-12-6-8-13(9-7-12)14(4,15)10-11(2)3/h6-10,15H,5H2,1-4H3. The zero-order valence-electron chi connectivity index (χ0n) is 10.0. The zero-order chi connectivity index (χ0) is 11.5. The molecule has 0 aliphatic rings. The molecule has 0 bridgehead atoms. The van der Waals surface area contributed by atoms with Crippen LogP contribution >= 0.6 is 0 Å². The van der Waals surface area contributed by atoms with Crippen molar-refractivity contribution in [1.29, 1.82) is 0 Å². The van der Waals surface area contributed by atoms with Gasteiger partial charge in [-0.15, -0.1) is 0 Å². The molecule has 1 atom stereocenters. The number of allylic oxidation sites excluding steroid dienone is 1. The van der Waals surface area contributed by atoms with Crippen LogP contribution in [0, 0.1) is 0 Å². The Labute approximate surface area is 92.5 Å². The van der Waals surface area contributed by atoms with E-state index in [1.165, 1.54) is 5.56 Å². The van der Waals surface area contributed by atoms with Gasteiger partial charge in [0, 0.05) is 0 Å². The van der Waals surface area contributed by atoms with Gasteiger partial charge in [-0.25, -0.2) is 0 Å². The first-order valence-corrected chi connectivity index (χ1v) is 5.43. The third kappa shape index (κ3) is 3.21. The van der Waals surface area contributed by atoms with Crippen LogP contribution in [0.2, 0.25) is 0 Å². The lowest BCUT2D eigenvalue weighted by Gasteiger charge is -2.20. The number of hydrogen-bond acceptors (Lipinski definition) is 1. The maximum Gasteiger partial charge on any atom is 0.105 e. The van der Waals surface area contributed by atoms with E-state index in [1.807, 2.05) is 39.0 Å². The molecule has 0 amide bonds. The van der Waals surface area contributed by atoms with Crippen LogP contribution in [0.3, 0.4) is 0 Å². The first-order valence-electron chi connectivity index (χ1n) is 5.43. The predicted molar refractivity (Wildman–Crippen MR) is 64.8 cm³/mol. The average molecular weight is 204 g/mol. The summed E-state index contributed by atoms with van der Waals surface area (Å²) >= 11 is 0. The van der Waals surface area contributed by atoms with Gasteiger partial charge in [0.1, 0.15) is 5.60 Å². The highest BCUT2D eigenvalue weighted by atomic mass is 16.3. The van der Waals surface area contributed by atoms with Crippen LogP contribution in [0.1, 0.15) is 38.8 Å². The van der Waals surface area contributed by atoms with Crippen LogP contribution in [0.4, 0.5) is 0 Å². The third-order valence-corrected chi connectivity index (χ3v) is 2.52. The minimum atomic E-state index is -0.856. The third-order valence-electron chi connectivity index (χ3n) is 2.52. The predicted octanol–water partition coefficient (Wildman–Crippen LogP) is 3.42. The van der Waals surface area contributed by atoms with Gasteiger partial charge in [-0.1, -0.05) is 42.8 Å². The maximum absolute atomic E-state index is 10.2. The van der Waals surface area contributed by atoms with Gasteiger partial charge in [-0.2, -0.15) is 0 Å². The van der Waals surface area contributed by atoms with Crippen LogP contribution in [0.15, 0.2) is 35.9 Å². The molecule has 0 radical (unpaired) electrons. The summed E-state index contributed by atoms with van der Waals surface area (Å²) in [5.41, 5.74) is 2.51. The van der Waals surface area contributed by atoms with Crippen LogP contribution in [-0.4, -0.2) is 5.11 Å². The Morgan fingerprint density at radius 2 is 1.80 bits per heavy atom. The Balaban J connectivity index is 3.00. The fourth-order valence-corrected chi connectivity index (χ4v) is 1.72. The second-order valence-electron chi connectivity index (χ2n) is 4.42. The number of aryl methyl sites for hydroxylation is 1. The Morgan fingerprint density at radius 3 is 2.20 bits per heavy atom. The molecule has 1 nitrogen and oxygen atoms in total. The molecule has 1 N–H and O–H groups in total. The Kier molecular flexibility index (Phi) is 3.70. The quantitative estimate of drug-likeness (QED) is 0.748. The number of hydrogen-bond donors (Lipinski definition) is 1. The molecule has 1 rings (SSSR count). The second kappa shape index (κ2) is 4.63. The van der Waals surface area contributed by atoms with Gasteiger partial charge in [-0.3, -0.25) is 0 Å². The monoisotopic (exact) mass is 204 g/mol. The van der Waals surface area contributed by atoms with Crippen molar-refractivity contribution >= 4 is 0 Å². The van der Waals surface area contributed by atoms with Crippen LogP contribution < -0.4 is 0 Å². The fraction of sp³-hybridized carbons (Fsp3) is 0.429. The summed E-state index contributed by atoms with van der Waals surface area (Å²) < 4.78 is 0. The van der Waals surface area contributed by atoms with E-state index in [2.05, 4.69) is 19.1 Å². The van der Waals surface area contributed by atoms with Crippen LogP contribution in [0.5, 0.6) is 0 Å². The van der Waals surface area contributed by atoms with E-state index < -0.39 is 5.60 Å². The largest absolute Gasteiger partial charge is 0.381 e. The number of benzene rings is 1. The molecule has 0 spiro atoms. The lowest BCUT2D eigenvalue weighted by atomic mass is 9.93. The van der Waals surface area contributed by atoms with Crippen molar-refractivity contribution in [2.75, 3.05) is 0 Å². The van der Waals surface area contributed by atoms with Gasteiger partial charge in [0.25, 0.3) is 0 Å². The molecular formula is C14H20O. The van der Waals surface area contributed by atoms with Crippen LogP contribution in [-0.2, 0) is 12.0 Å². The molecular weight excluding hydrogens is 184 g/mol. The van der Waals surface area contributed by atoms with Crippen molar-refractivity contribution in [3.63, 3.8) is 0 Å². The van der Waals surface area contributed by atoms with Crippen molar-refractivity contribution in [2.24, 2.45) is 0 Å². The first kappa shape index (κ1) is 12.0. The van der Waals surface area contributed by atoms with E-state index in [1.54, 1.807) is 0 Å². The summed E-state index contributed by atoms with van der Waals surface area (Å²) in [6, 6.07) is 8.14. The number of rotatable bonds is 3. The number of aliphatic hydroxyl groups is 1. The molecule has 0 aliphatic heterocycles. The molecule has 1 heteroatoms. The van der Waals surface area contributed by atoms with Gasteiger partial charge in [-0.05, 0) is 38.3 Å². The van der Waals surface area contributed by atoms with Crippen LogP contribution in [0.25, 0.3) is 0 Å². The highest BCUT2D eigenvalue weighted by Crippen LogP contribution is 2.23. The molecule has 82 valence electrons. The smallest absolute Gasteiger partial charge is 0.105 e. The second-order valence-corrected chi connectivity index (χ2v) is 4.42. The summed E-state index contributed by atoms with van der Waals surface area (Å²) in [7, 11) is 0. The summed E-state index contributed by atoms with van der Waals surface area (Å²) in [4.78, 5) is 0. The minimum absolute atomic E-state index is 0.856. The fourth-order valence-electron chi connectivity index (χ4n) is 1.72. The minimum Gasteiger partial charge on any atom is -0.381 e. The van der Waals surface area contributed by atoms with Crippen molar-refractivity contribution in [3.8, 4) is 0 Å². The topological polar surface area (TPSA) is 20.2 Å². The van der Waals surface area contributed by atoms with E-state index in [0.29, 0.717) is 0 Å². The SMILES string of the molecule is CCc1ccc(C(C)(O)C=C(C)C)cc1. The van der Waals surface area contributed by atoms with E-state index in [0.717, 1.165) is 17.6 Å². The summed E-state index contributed by atoms with van der Waals surface area (Å²) in [5, 5.41) is 10.2. The lowest BCUT2D eigenvalue weighted by Crippen LogP contribution is -2.18. The lowest BCUT2D eigenvalue weighted by molar-refractivity contribution is 0.110.